The van der Waals surface area contributed by atoms with Crippen LogP contribution in [0.4, 0.5) is 11.5 Å². The maximum atomic E-state index is 12.3. The molecule has 2 aromatic carbocycles. The van der Waals surface area contributed by atoms with Gasteiger partial charge >= 0.3 is 0 Å². The van der Waals surface area contributed by atoms with Crippen LogP contribution in [-0.4, -0.2) is 10.9 Å². The van der Waals surface area contributed by atoms with Crippen LogP contribution in [-0.2, 0) is 0 Å². The minimum Gasteiger partial charge on any atom is -0.321 e. The first-order valence-electron chi connectivity index (χ1n) is 6.50. The first kappa shape index (κ1) is 13.1. The minimum atomic E-state index is -0.203. The summed E-state index contributed by atoms with van der Waals surface area (Å²) in [6.07, 6.45) is 1.53. The summed E-state index contributed by atoms with van der Waals surface area (Å²) in [7, 11) is 0. The van der Waals surface area contributed by atoms with Crippen molar-refractivity contribution in [2.24, 2.45) is 5.84 Å². The van der Waals surface area contributed by atoms with E-state index < -0.39 is 0 Å². The number of amides is 1. The number of nitrogens with two attached hydrogens (primary N) is 1. The van der Waals surface area contributed by atoms with E-state index >= 15 is 0 Å². The van der Waals surface area contributed by atoms with Crippen LogP contribution in [0.2, 0.25) is 0 Å². The number of nitrogens with zero attached hydrogens (tertiary/aromatic N) is 1. The number of carbonyl (C=O) groups excluding carboxylic acids is 1. The Labute approximate surface area is 121 Å². The summed E-state index contributed by atoms with van der Waals surface area (Å²) in [5, 5.41) is 4.99. The van der Waals surface area contributed by atoms with E-state index in [1.807, 2.05) is 42.5 Å². The number of hydrogen-bond donors (Lipinski definition) is 3. The molecule has 0 aliphatic heterocycles. The largest absolute Gasteiger partial charge is 0.321 e. The SMILES string of the molecule is NNc1cc(C(=O)Nc2cccc3ccccc23)ccn1. The Kier molecular flexibility index (Phi) is 3.49. The number of nitrogen functional groups attached to an aromatic ring is 1. The van der Waals surface area contributed by atoms with Crippen molar-refractivity contribution in [3.05, 3.63) is 66.4 Å². The zero-order valence-corrected chi connectivity index (χ0v) is 11.2. The van der Waals surface area contributed by atoms with E-state index in [0.29, 0.717) is 11.4 Å². The van der Waals surface area contributed by atoms with E-state index in [0.717, 1.165) is 16.5 Å². The van der Waals surface area contributed by atoms with Gasteiger partial charge in [0.1, 0.15) is 5.82 Å². The zero-order chi connectivity index (χ0) is 14.7. The van der Waals surface area contributed by atoms with E-state index in [4.69, 9.17) is 5.84 Å². The lowest BCUT2D eigenvalue weighted by atomic mass is 10.1. The van der Waals surface area contributed by atoms with Crippen molar-refractivity contribution in [2.75, 3.05) is 10.7 Å². The molecule has 1 heterocycles. The number of fused-ring (bicyclic) bond motifs is 1. The summed E-state index contributed by atoms with van der Waals surface area (Å²) in [6, 6.07) is 16.9. The van der Waals surface area contributed by atoms with Gasteiger partial charge in [-0.1, -0.05) is 36.4 Å². The standard InChI is InChI=1S/C16H14N4O/c17-20-15-10-12(8-9-18-15)16(21)19-14-7-3-5-11-4-1-2-6-13(11)14/h1-10H,17H2,(H,18,20)(H,19,21). The second kappa shape index (κ2) is 5.60. The summed E-state index contributed by atoms with van der Waals surface area (Å²) in [5.74, 6) is 5.54. The molecule has 1 amide bonds. The van der Waals surface area contributed by atoms with Gasteiger partial charge in [0, 0.05) is 22.8 Å². The predicted molar refractivity (Wildman–Crippen MR) is 83.9 cm³/mol. The van der Waals surface area contributed by atoms with Crippen LogP contribution in [0.3, 0.4) is 0 Å². The molecule has 0 bridgehead atoms. The van der Waals surface area contributed by atoms with Crippen LogP contribution < -0.4 is 16.6 Å². The molecule has 21 heavy (non-hydrogen) atoms. The van der Waals surface area contributed by atoms with Crippen LogP contribution in [0.1, 0.15) is 10.4 Å². The van der Waals surface area contributed by atoms with Gasteiger partial charge in [-0.05, 0) is 23.6 Å². The van der Waals surface area contributed by atoms with E-state index in [-0.39, 0.29) is 5.91 Å². The Morgan fingerprint density at radius 2 is 1.86 bits per heavy atom. The van der Waals surface area contributed by atoms with Gasteiger partial charge in [0.25, 0.3) is 5.91 Å². The molecule has 0 saturated carbocycles. The Morgan fingerprint density at radius 3 is 2.71 bits per heavy atom. The average molecular weight is 278 g/mol. The molecule has 0 saturated heterocycles. The maximum absolute atomic E-state index is 12.3. The highest BCUT2D eigenvalue weighted by Crippen LogP contribution is 2.23. The van der Waals surface area contributed by atoms with Crippen molar-refractivity contribution in [3.8, 4) is 0 Å². The van der Waals surface area contributed by atoms with Crippen LogP contribution in [0, 0.1) is 0 Å². The molecule has 0 radical (unpaired) electrons. The molecule has 0 spiro atoms. The molecule has 4 N–H and O–H groups in total. The molecule has 0 aliphatic rings. The predicted octanol–water partition coefficient (Wildman–Crippen LogP) is 2.77. The van der Waals surface area contributed by atoms with Crippen molar-refractivity contribution in [1.29, 1.82) is 0 Å². The van der Waals surface area contributed by atoms with Gasteiger partial charge in [0.05, 0.1) is 0 Å². The molecule has 0 aliphatic carbocycles. The van der Waals surface area contributed by atoms with Gasteiger partial charge in [-0.25, -0.2) is 10.8 Å². The van der Waals surface area contributed by atoms with Crippen LogP contribution in [0.5, 0.6) is 0 Å². The number of nitrogens with one attached hydrogen (secondary N) is 2. The summed E-state index contributed by atoms with van der Waals surface area (Å²) >= 11 is 0. The average Bonchev–Trinajstić information content (AvgIpc) is 2.55. The lowest BCUT2D eigenvalue weighted by Gasteiger charge is -2.09. The van der Waals surface area contributed by atoms with Gasteiger partial charge in [0.15, 0.2) is 0 Å². The molecule has 0 unspecified atom stereocenters. The number of pyridine rings is 1. The molecular weight excluding hydrogens is 264 g/mol. The van der Waals surface area contributed by atoms with E-state index in [1.165, 1.54) is 6.20 Å². The lowest BCUT2D eigenvalue weighted by Crippen LogP contribution is -2.14. The number of anilines is 2. The van der Waals surface area contributed by atoms with E-state index in [9.17, 15) is 4.79 Å². The van der Waals surface area contributed by atoms with Crippen molar-refractivity contribution >= 4 is 28.2 Å². The molecule has 5 heteroatoms. The highest BCUT2D eigenvalue weighted by atomic mass is 16.1. The second-order valence-electron chi connectivity index (χ2n) is 4.55. The van der Waals surface area contributed by atoms with Crippen molar-refractivity contribution in [1.82, 2.24) is 4.98 Å². The molecule has 104 valence electrons. The zero-order valence-electron chi connectivity index (χ0n) is 11.2. The summed E-state index contributed by atoms with van der Waals surface area (Å²) in [4.78, 5) is 16.3. The van der Waals surface area contributed by atoms with Crippen molar-refractivity contribution in [3.63, 3.8) is 0 Å². The number of aromatic nitrogens is 1. The van der Waals surface area contributed by atoms with Crippen LogP contribution >= 0.6 is 0 Å². The summed E-state index contributed by atoms with van der Waals surface area (Å²) in [6.45, 7) is 0. The van der Waals surface area contributed by atoms with Crippen LogP contribution in [0.15, 0.2) is 60.8 Å². The fourth-order valence-corrected chi connectivity index (χ4v) is 2.18. The van der Waals surface area contributed by atoms with Gasteiger partial charge < -0.3 is 10.7 Å². The molecule has 3 rings (SSSR count). The van der Waals surface area contributed by atoms with E-state index in [2.05, 4.69) is 15.7 Å². The lowest BCUT2D eigenvalue weighted by molar-refractivity contribution is 0.102. The maximum Gasteiger partial charge on any atom is 0.255 e. The molecule has 0 atom stereocenters. The highest BCUT2D eigenvalue weighted by Gasteiger charge is 2.09. The first-order chi connectivity index (χ1) is 10.3. The third kappa shape index (κ3) is 2.68. The third-order valence-electron chi connectivity index (χ3n) is 3.21. The minimum absolute atomic E-state index is 0.203. The normalized spacial score (nSPS) is 10.3. The summed E-state index contributed by atoms with van der Waals surface area (Å²) in [5.41, 5.74) is 3.69. The molecule has 5 nitrogen and oxygen atoms in total. The van der Waals surface area contributed by atoms with Gasteiger partial charge in [-0.3, -0.25) is 4.79 Å². The molecule has 0 fully saturated rings. The Morgan fingerprint density at radius 1 is 1.05 bits per heavy atom. The highest BCUT2D eigenvalue weighted by molar-refractivity contribution is 6.09. The van der Waals surface area contributed by atoms with Crippen LogP contribution in [0.25, 0.3) is 10.8 Å². The smallest absolute Gasteiger partial charge is 0.255 e. The number of hydrazine groups is 1. The number of hydrogen-bond acceptors (Lipinski definition) is 4. The summed E-state index contributed by atoms with van der Waals surface area (Å²) < 4.78 is 0. The third-order valence-corrected chi connectivity index (χ3v) is 3.21. The monoisotopic (exact) mass is 278 g/mol. The fourth-order valence-electron chi connectivity index (χ4n) is 2.18. The van der Waals surface area contributed by atoms with Gasteiger partial charge in [-0.15, -0.1) is 0 Å². The quantitative estimate of drug-likeness (QED) is 0.508. The Balaban J connectivity index is 1.93. The fraction of sp³-hybridized carbons (Fsp3) is 0. The Bertz CT molecular complexity index is 796. The molecular formula is C16H14N4O. The van der Waals surface area contributed by atoms with Crippen molar-refractivity contribution < 1.29 is 4.79 Å². The van der Waals surface area contributed by atoms with Gasteiger partial charge in [-0.2, -0.15) is 0 Å². The number of rotatable bonds is 3. The molecule has 3 aromatic rings. The molecule has 1 aromatic heterocycles. The first-order valence-corrected chi connectivity index (χ1v) is 6.50. The van der Waals surface area contributed by atoms with Crippen molar-refractivity contribution in [2.45, 2.75) is 0 Å². The second-order valence-corrected chi connectivity index (χ2v) is 4.55. The van der Waals surface area contributed by atoms with Gasteiger partial charge in [0.2, 0.25) is 0 Å². The number of carbonyl (C=O) groups is 1. The topological polar surface area (TPSA) is 80.0 Å². The Hall–Kier alpha value is -2.92. The van der Waals surface area contributed by atoms with E-state index in [1.54, 1.807) is 12.1 Å². The number of benzene rings is 2.